The van der Waals surface area contributed by atoms with Crippen LogP contribution in [0.4, 0.5) is 0 Å². The van der Waals surface area contributed by atoms with Crippen molar-refractivity contribution in [2.24, 2.45) is 23.2 Å². The first-order valence-corrected chi connectivity index (χ1v) is 11.6. The van der Waals surface area contributed by atoms with Crippen molar-refractivity contribution in [3.05, 3.63) is 70.2 Å². The fraction of sp³-hybridized carbons (Fsp3) is 0.500. The molecule has 29 heavy (non-hydrogen) atoms. The molecule has 1 atom stereocenters. The summed E-state index contributed by atoms with van der Waals surface area (Å²) < 4.78 is 0. The summed E-state index contributed by atoms with van der Waals surface area (Å²) in [5.41, 5.74) is 3.57. The zero-order valence-corrected chi connectivity index (χ0v) is 17.6. The smallest absolute Gasteiger partial charge is 0.229 e. The molecule has 2 aromatic carbocycles. The molecule has 7 rings (SSSR count). The van der Waals surface area contributed by atoms with Gasteiger partial charge in [0.2, 0.25) is 5.91 Å². The van der Waals surface area contributed by atoms with Gasteiger partial charge in [0.25, 0.3) is 0 Å². The van der Waals surface area contributed by atoms with Crippen LogP contribution < -0.4 is 0 Å². The second kappa shape index (κ2) is 6.60. The maximum Gasteiger partial charge on any atom is 0.229 e. The predicted molar refractivity (Wildman–Crippen MR) is 116 cm³/mol. The lowest BCUT2D eigenvalue weighted by atomic mass is 9.49. The highest BCUT2D eigenvalue weighted by Crippen LogP contribution is 2.61. The molecule has 4 aliphatic carbocycles. The minimum atomic E-state index is -0.111. The Labute approximate surface area is 178 Å². The van der Waals surface area contributed by atoms with Crippen LogP contribution in [0.1, 0.15) is 61.3 Å². The van der Waals surface area contributed by atoms with Gasteiger partial charge in [0.1, 0.15) is 0 Å². The van der Waals surface area contributed by atoms with Gasteiger partial charge in [0.15, 0.2) is 0 Å². The first kappa shape index (κ1) is 18.0. The average Bonchev–Trinajstić information content (AvgIpc) is 2.72. The molecule has 1 amide bonds. The van der Waals surface area contributed by atoms with Crippen LogP contribution >= 0.6 is 11.6 Å². The molecule has 4 fully saturated rings. The maximum atomic E-state index is 14.2. The number of benzene rings is 2. The quantitative estimate of drug-likeness (QED) is 0.597. The van der Waals surface area contributed by atoms with Gasteiger partial charge in [0, 0.05) is 11.6 Å². The summed E-state index contributed by atoms with van der Waals surface area (Å²) in [5, 5.41) is 0.762. The first-order chi connectivity index (χ1) is 14.1. The number of hydrogen-bond donors (Lipinski definition) is 0. The zero-order chi connectivity index (χ0) is 19.6. The Morgan fingerprint density at radius 1 is 0.862 bits per heavy atom. The van der Waals surface area contributed by atoms with Gasteiger partial charge in [-0.3, -0.25) is 4.79 Å². The second-order valence-electron chi connectivity index (χ2n) is 10.1. The van der Waals surface area contributed by atoms with E-state index in [0.29, 0.717) is 5.91 Å². The van der Waals surface area contributed by atoms with E-state index in [9.17, 15) is 4.79 Å². The molecule has 0 radical (unpaired) electrons. The van der Waals surface area contributed by atoms with E-state index in [1.165, 1.54) is 30.4 Å². The third kappa shape index (κ3) is 2.79. The summed E-state index contributed by atoms with van der Waals surface area (Å²) in [6, 6.07) is 16.7. The largest absolute Gasteiger partial charge is 0.331 e. The van der Waals surface area contributed by atoms with Crippen LogP contribution in [0.15, 0.2) is 48.5 Å². The summed E-state index contributed by atoms with van der Waals surface area (Å²) in [7, 11) is 0. The van der Waals surface area contributed by atoms with Gasteiger partial charge in [0.05, 0.1) is 11.5 Å². The lowest BCUT2D eigenvalue weighted by molar-refractivity contribution is -0.159. The predicted octanol–water partition coefficient (Wildman–Crippen LogP) is 6.03. The Kier molecular flexibility index (Phi) is 4.10. The van der Waals surface area contributed by atoms with Crippen molar-refractivity contribution in [2.45, 2.75) is 51.0 Å². The minimum absolute atomic E-state index is 0.0610. The normalized spacial score (nSPS) is 34.9. The van der Waals surface area contributed by atoms with Crippen LogP contribution in [-0.4, -0.2) is 17.4 Å². The molecule has 0 aromatic heterocycles. The Morgan fingerprint density at radius 3 is 2.10 bits per heavy atom. The molecule has 0 spiro atoms. The fourth-order valence-electron chi connectivity index (χ4n) is 7.49. The Morgan fingerprint density at radius 2 is 1.45 bits per heavy atom. The monoisotopic (exact) mass is 405 g/mol. The number of amides is 1. The summed E-state index contributed by atoms with van der Waals surface area (Å²) in [6.07, 6.45) is 8.38. The van der Waals surface area contributed by atoms with Crippen molar-refractivity contribution in [3.8, 4) is 0 Å². The van der Waals surface area contributed by atoms with Crippen LogP contribution in [0.5, 0.6) is 0 Å². The molecule has 4 saturated carbocycles. The molecule has 0 N–H and O–H groups in total. The van der Waals surface area contributed by atoms with Gasteiger partial charge in [-0.05, 0) is 85.5 Å². The summed E-state index contributed by atoms with van der Waals surface area (Å²) in [4.78, 5) is 16.4. The SMILES string of the molecule is O=C(N1CCc2ccccc2C1c1ccccc1Cl)C12CC3CC(CC(C3)C1)C2. The number of nitrogens with zero attached hydrogens (tertiary/aromatic N) is 1. The van der Waals surface area contributed by atoms with Crippen molar-refractivity contribution >= 4 is 17.5 Å². The Bertz CT molecular complexity index is 931. The Balaban J connectivity index is 1.43. The van der Waals surface area contributed by atoms with Crippen LogP contribution in [0.2, 0.25) is 5.02 Å². The third-order valence-corrected chi connectivity index (χ3v) is 8.58. The van der Waals surface area contributed by atoms with Gasteiger partial charge in [-0.25, -0.2) is 0 Å². The molecule has 1 aliphatic heterocycles. The third-order valence-electron chi connectivity index (χ3n) is 8.24. The number of carbonyl (C=O) groups is 1. The molecule has 150 valence electrons. The van der Waals surface area contributed by atoms with E-state index < -0.39 is 0 Å². The molecule has 2 nitrogen and oxygen atoms in total. The zero-order valence-electron chi connectivity index (χ0n) is 16.8. The number of rotatable bonds is 2. The van der Waals surface area contributed by atoms with Gasteiger partial charge >= 0.3 is 0 Å². The van der Waals surface area contributed by atoms with E-state index in [1.54, 1.807) is 0 Å². The van der Waals surface area contributed by atoms with Crippen LogP contribution in [0.3, 0.4) is 0 Å². The van der Waals surface area contributed by atoms with Gasteiger partial charge in [-0.15, -0.1) is 0 Å². The Hall–Kier alpha value is -1.80. The van der Waals surface area contributed by atoms with Crippen molar-refractivity contribution in [1.29, 1.82) is 0 Å². The molecule has 4 bridgehead atoms. The summed E-state index contributed by atoms with van der Waals surface area (Å²) >= 11 is 6.68. The number of fused-ring (bicyclic) bond motifs is 1. The molecule has 1 heterocycles. The van der Waals surface area contributed by atoms with E-state index in [-0.39, 0.29) is 11.5 Å². The number of hydrogen-bond acceptors (Lipinski definition) is 1. The van der Waals surface area contributed by atoms with Crippen LogP contribution in [0, 0.1) is 23.2 Å². The molecule has 0 saturated heterocycles. The molecular formula is C26H28ClNO. The average molecular weight is 406 g/mol. The molecule has 1 unspecified atom stereocenters. The van der Waals surface area contributed by atoms with Gasteiger partial charge < -0.3 is 4.90 Å². The maximum absolute atomic E-state index is 14.2. The van der Waals surface area contributed by atoms with Crippen molar-refractivity contribution in [1.82, 2.24) is 4.90 Å². The second-order valence-corrected chi connectivity index (χ2v) is 10.5. The molecule has 3 heteroatoms. The summed E-state index contributed by atoms with van der Waals surface area (Å²) in [6.45, 7) is 0.799. The highest BCUT2D eigenvalue weighted by Gasteiger charge is 2.56. The highest BCUT2D eigenvalue weighted by molar-refractivity contribution is 6.31. The van der Waals surface area contributed by atoms with E-state index in [2.05, 4.69) is 35.2 Å². The molecular weight excluding hydrogens is 378 g/mol. The van der Waals surface area contributed by atoms with Crippen molar-refractivity contribution in [2.75, 3.05) is 6.54 Å². The van der Waals surface area contributed by atoms with E-state index in [4.69, 9.17) is 11.6 Å². The summed E-state index contributed by atoms with van der Waals surface area (Å²) in [5.74, 6) is 2.75. The van der Waals surface area contributed by atoms with Crippen molar-refractivity contribution in [3.63, 3.8) is 0 Å². The number of halogens is 1. The minimum Gasteiger partial charge on any atom is -0.331 e. The lowest BCUT2D eigenvalue weighted by Gasteiger charge is -2.57. The van der Waals surface area contributed by atoms with Gasteiger partial charge in [-0.2, -0.15) is 0 Å². The van der Waals surface area contributed by atoms with E-state index in [0.717, 1.165) is 60.6 Å². The van der Waals surface area contributed by atoms with Crippen molar-refractivity contribution < 1.29 is 4.79 Å². The molecule has 2 aromatic rings. The lowest BCUT2D eigenvalue weighted by Crippen LogP contribution is -2.56. The topological polar surface area (TPSA) is 20.3 Å². The first-order valence-electron chi connectivity index (χ1n) is 11.3. The van der Waals surface area contributed by atoms with E-state index >= 15 is 0 Å². The van der Waals surface area contributed by atoms with Crippen LogP contribution in [-0.2, 0) is 11.2 Å². The fourth-order valence-corrected chi connectivity index (χ4v) is 7.73. The van der Waals surface area contributed by atoms with E-state index in [1.807, 2.05) is 18.2 Å². The highest BCUT2D eigenvalue weighted by atomic mass is 35.5. The van der Waals surface area contributed by atoms with Gasteiger partial charge in [-0.1, -0.05) is 54.1 Å². The molecule has 5 aliphatic rings. The number of carbonyl (C=O) groups excluding carboxylic acids is 1. The van der Waals surface area contributed by atoms with Crippen LogP contribution in [0.25, 0.3) is 0 Å². The standard InChI is InChI=1S/C26H28ClNO/c27-23-8-4-3-7-22(23)24-21-6-2-1-5-20(21)9-10-28(24)25(29)26-14-17-11-18(15-26)13-19(12-17)16-26/h1-8,17-19,24H,9-16H2.